The maximum absolute atomic E-state index is 13.0. The number of carbonyl (C=O) groups excluding carboxylic acids is 1. The predicted molar refractivity (Wildman–Crippen MR) is 105 cm³/mol. The van der Waals surface area contributed by atoms with Crippen molar-refractivity contribution in [3.05, 3.63) is 60.2 Å². The van der Waals surface area contributed by atoms with Gasteiger partial charge in [0.1, 0.15) is 6.10 Å². The fourth-order valence-corrected chi connectivity index (χ4v) is 3.98. The van der Waals surface area contributed by atoms with Crippen molar-refractivity contribution in [1.29, 1.82) is 0 Å². The monoisotopic (exact) mass is 377 g/mol. The number of nitrogens with zero attached hydrogens (tertiary/aromatic N) is 5. The van der Waals surface area contributed by atoms with E-state index in [1.807, 2.05) is 52.0 Å². The van der Waals surface area contributed by atoms with Crippen LogP contribution in [0, 0.1) is 0 Å². The molecule has 28 heavy (non-hydrogen) atoms. The zero-order valence-electron chi connectivity index (χ0n) is 15.7. The smallest absolute Gasteiger partial charge is 0.255 e. The van der Waals surface area contributed by atoms with Gasteiger partial charge in [0, 0.05) is 43.7 Å². The maximum Gasteiger partial charge on any atom is 0.255 e. The number of morpholine rings is 1. The molecule has 7 heteroatoms. The lowest BCUT2D eigenvalue weighted by molar-refractivity contribution is -0.0247. The van der Waals surface area contributed by atoms with E-state index in [1.54, 1.807) is 6.20 Å². The Kier molecular flexibility index (Phi) is 4.44. The molecule has 0 aliphatic carbocycles. The average Bonchev–Trinajstić information content (AvgIpc) is 3.43. The number of anilines is 1. The quantitative estimate of drug-likeness (QED) is 0.702. The van der Waals surface area contributed by atoms with Crippen LogP contribution in [0.2, 0.25) is 0 Å². The highest BCUT2D eigenvalue weighted by Crippen LogP contribution is 2.24. The standard InChI is InChI=1S/C21H23N5O2/c27-20(16-13-17-5-1-2-10-25(17)14-16)26-11-12-28-19(15-26)18-6-7-22-21(23-18)24-8-3-4-9-24/h1-2,5-7,10,13-14,19H,3-4,8-9,11-12,15H2/t19-/m0/s1. The molecule has 2 aliphatic rings. The minimum Gasteiger partial charge on any atom is -0.368 e. The second-order valence-electron chi connectivity index (χ2n) is 7.35. The summed E-state index contributed by atoms with van der Waals surface area (Å²) in [5, 5.41) is 0. The molecular weight excluding hydrogens is 354 g/mol. The number of fused-ring (bicyclic) bond motifs is 1. The molecule has 3 aromatic heterocycles. The molecule has 144 valence electrons. The maximum atomic E-state index is 13.0. The number of hydrogen-bond acceptors (Lipinski definition) is 5. The van der Waals surface area contributed by atoms with Crippen LogP contribution < -0.4 is 4.90 Å². The molecule has 7 nitrogen and oxygen atoms in total. The van der Waals surface area contributed by atoms with Gasteiger partial charge in [0.25, 0.3) is 5.91 Å². The Morgan fingerprint density at radius 3 is 2.89 bits per heavy atom. The third-order valence-electron chi connectivity index (χ3n) is 5.49. The van der Waals surface area contributed by atoms with Crippen LogP contribution in [0.1, 0.15) is 35.0 Å². The van der Waals surface area contributed by atoms with Crippen LogP contribution in [0.4, 0.5) is 5.95 Å². The first-order chi connectivity index (χ1) is 13.8. The van der Waals surface area contributed by atoms with E-state index in [2.05, 4.69) is 9.88 Å². The number of pyridine rings is 1. The molecule has 2 saturated heterocycles. The number of hydrogen-bond donors (Lipinski definition) is 0. The summed E-state index contributed by atoms with van der Waals surface area (Å²) in [7, 11) is 0. The summed E-state index contributed by atoms with van der Waals surface area (Å²) in [5.41, 5.74) is 2.56. The number of ether oxygens (including phenoxy) is 1. The van der Waals surface area contributed by atoms with Gasteiger partial charge in [-0.2, -0.15) is 0 Å². The first-order valence-corrected chi connectivity index (χ1v) is 9.83. The van der Waals surface area contributed by atoms with Gasteiger partial charge in [0.05, 0.1) is 24.4 Å². The molecule has 0 aromatic carbocycles. The van der Waals surface area contributed by atoms with Crippen LogP contribution in [-0.2, 0) is 4.74 Å². The third-order valence-corrected chi connectivity index (χ3v) is 5.49. The van der Waals surface area contributed by atoms with Gasteiger partial charge in [-0.1, -0.05) is 6.07 Å². The summed E-state index contributed by atoms with van der Waals surface area (Å²) < 4.78 is 7.92. The molecule has 2 aliphatic heterocycles. The Bertz CT molecular complexity index is 962. The Labute approximate surface area is 163 Å². The summed E-state index contributed by atoms with van der Waals surface area (Å²) in [6.07, 6.45) is 7.77. The first-order valence-electron chi connectivity index (χ1n) is 9.83. The largest absolute Gasteiger partial charge is 0.368 e. The van der Waals surface area contributed by atoms with E-state index < -0.39 is 0 Å². The molecule has 5 rings (SSSR count). The highest BCUT2D eigenvalue weighted by molar-refractivity contribution is 5.95. The van der Waals surface area contributed by atoms with Crippen molar-refractivity contribution in [3.8, 4) is 0 Å². The van der Waals surface area contributed by atoms with Crippen LogP contribution in [0.15, 0.2) is 48.9 Å². The van der Waals surface area contributed by atoms with E-state index in [0.29, 0.717) is 25.3 Å². The molecule has 0 N–H and O–H groups in total. The molecule has 3 aromatic rings. The van der Waals surface area contributed by atoms with E-state index in [9.17, 15) is 4.79 Å². The Hall–Kier alpha value is -2.93. The molecule has 0 bridgehead atoms. The summed E-state index contributed by atoms with van der Waals surface area (Å²) in [6.45, 7) is 3.60. The van der Waals surface area contributed by atoms with Crippen LogP contribution in [0.3, 0.4) is 0 Å². The third kappa shape index (κ3) is 3.22. The second kappa shape index (κ2) is 7.24. The zero-order valence-corrected chi connectivity index (χ0v) is 15.7. The van der Waals surface area contributed by atoms with Crippen molar-refractivity contribution in [2.45, 2.75) is 18.9 Å². The van der Waals surface area contributed by atoms with Crippen LogP contribution in [-0.4, -0.2) is 58.0 Å². The Morgan fingerprint density at radius 2 is 2.04 bits per heavy atom. The Morgan fingerprint density at radius 1 is 1.14 bits per heavy atom. The summed E-state index contributed by atoms with van der Waals surface area (Å²) in [4.78, 5) is 26.3. The molecular formula is C21H23N5O2. The zero-order chi connectivity index (χ0) is 18.9. The molecule has 1 atom stereocenters. The molecule has 0 spiro atoms. The van der Waals surface area contributed by atoms with E-state index in [1.165, 1.54) is 12.8 Å². The Balaban J connectivity index is 1.34. The minimum atomic E-state index is -0.223. The number of aromatic nitrogens is 3. The van der Waals surface area contributed by atoms with E-state index in [-0.39, 0.29) is 12.0 Å². The second-order valence-corrected chi connectivity index (χ2v) is 7.35. The lowest BCUT2D eigenvalue weighted by Crippen LogP contribution is -2.42. The number of carbonyl (C=O) groups is 1. The lowest BCUT2D eigenvalue weighted by Gasteiger charge is -2.32. The topological polar surface area (TPSA) is 63.0 Å². The first kappa shape index (κ1) is 17.2. The van der Waals surface area contributed by atoms with E-state index in [0.717, 1.165) is 30.2 Å². The van der Waals surface area contributed by atoms with Crippen molar-refractivity contribution in [3.63, 3.8) is 0 Å². The predicted octanol–water partition coefficient (Wildman–Crippen LogP) is 2.54. The van der Waals surface area contributed by atoms with Gasteiger partial charge in [0.15, 0.2) is 0 Å². The van der Waals surface area contributed by atoms with Crippen molar-refractivity contribution in [1.82, 2.24) is 19.3 Å². The van der Waals surface area contributed by atoms with Gasteiger partial charge in [0.2, 0.25) is 5.95 Å². The van der Waals surface area contributed by atoms with Crippen LogP contribution in [0.5, 0.6) is 0 Å². The van der Waals surface area contributed by atoms with Gasteiger partial charge in [-0.15, -0.1) is 0 Å². The molecule has 0 unspecified atom stereocenters. The summed E-state index contributed by atoms with van der Waals surface area (Å²) in [6, 6.07) is 9.76. The van der Waals surface area contributed by atoms with Crippen LogP contribution >= 0.6 is 0 Å². The highest BCUT2D eigenvalue weighted by atomic mass is 16.5. The molecule has 2 fully saturated rings. The van der Waals surface area contributed by atoms with Crippen LogP contribution in [0.25, 0.3) is 5.52 Å². The normalized spacial score (nSPS) is 20.1. The summed E-state index contributed by atoms with van der Waals surface area (Å²) >= 11 is 0. The van der Waals surface area contributed by atoms with E-state index >= 15 is 0 Å². The number of rotatable bonds is 3. The summed E-state index contributed by atoms with van der Waals surface area (Å²) in [5.74, 6) is 0.798. The van der Waals surface area contributed by atoms with E-state index in [4.69, 9.17) is 9.72 Å². The van der Waals surface area contributed by atoms with Gasteiger partial charge in [-0.25, -0.2) is 9.97 Å². The number of amides is 1. The molecule has 5 heterocycles. The lowest BCUT2D eigenvalue weighted by atomic mass is 10.1. The molecule has 1 amide bonds. The van der Waals surface area contributed by atoms with Crippen molar-refractivity contribution in [2.24, 2.45) is 0 Å². The van der Waals surface area contributed by atoms with Crippen molar-refractivity contribution in [2.75, 3.05) is 37.7 Å². The fraction of sp³-hybridized carbons (Fsp3) is 0.381. The van der Waals surface area contributed by atoms with Gasteiger partial charge >= 0.3 is 0 Å². The molecule has 0 saturated carbocycles. The van der Waals surface area contributed by atoms with Crippen molar-refractivity contribution < 1.29 is 9.53 Å². The minimum absolute atomic E-state index is 0.0332. The van der Waals surface area contributed by atoms with Gasteiger partial charge in [-0.05, 0) is 37.1 Å². The SMILES string of the molecule is O=C(c1cc2ccccn2c1)N1CCO[C@H](c2ccnc(N3CCCC3)n2)C1. The average molecular weight is 377 g/mol. The molecule has 0 radical (unpaired) electrons. The van der Waals surface area contributed by atoms with Gasteiger partial charge < -0.3 is 18.9 Å². The van der Waals surface area contributed by atoms with Crippen molar-refractivity contribution >= 4 is 17.4 Å². The van der Waals surface area contributed by atoms with Gasteiger partial charge in [-0.3, -0.25) is 4.79 Å². The fourth-order valence-electron chi connectivity index (χ4n) is 3.98. The highest BCUT2D eigenvalue weighted by Gasteiger charge is 2.28.